The lowest BCUT2D eigenvalue weighted by molar-refractivity contribution is -0.137. The zero-order valence-corrected chi connectivity index (χ0v) is 33.5. The summed E-state index contributed by atoms with van der Waals surface area (Å²) in [4.78, 5) is 68.1. The van der Waals surface area contributed by atoms with Crippen molar-refractivity contribution in [3.63, 3.8) is 0 Å². The van der Waals surface area contributed by atoms with Gasteiger partial charge in [-0.2, -0.15) is 0 Å². The van der Waals surface area contributed by atoms with Crippen molar-refractivity contribution in [1.29, 1.82) is 0 Å². The third-order valence-electron chi connectivity index (χ3n) is 9.54. The molecule has 0 unspecified atom stereocenters. The summed E-state index contributed by atoms with van der Waals surface area (Å²) < 4.78 is 16.1. The number of rotatable bonds is 8. The van der Waals surface area contributed by atoms with Gasteiger partial charge in [0.1, 0.15) is 18.8 Å². The van der Waals surface area contributed by atoms with E-state index in [9.17, 15) is 24.0 Å². The fourth-order valence-corrected chi connectivity index (χ4v) is 8.55. The van der Waals surface area contributed by atoms with Crippen LogP contribution in [0.4, 0.5) is 14.4 Å². The van der Waals surface area contributed by atoms with Gasteiger partial charge < -0.3 is 44.9 Å². The summed E-state index contributed by atoms with van der Waals surface area (Å²) in [6.07, 6.45) is -0.270. The van der Waals surface area contributed by atoms with Crippen LogP contribution in [0.25, 0.3) is 0 Å². The smallest absolute Gasteiger partial charge is 0.410 e. The highest BCUT2D eigenvalue weighted by Crippen LogP contribution is 2.25. The normalized spacial score (nSPS) is 22.5. The van der Waals surface area contributed by atoms with E-state index < -0.39 is 35.8 Å². The molecule has 55 heavy (non-hydrogen) atoms. The molecule has 4 saturated heterocycles. The number of thioether (sulfide) groups is 2. The van der Waals surface area contributed by atoms with Gasteiger partial charge in [-0.1, -0.05) is 60.7 Å². The van der Waals surface area contributed by atoms with Crippen molar-refractivity contribution >= 4 is 53.6 Å². The molecule has 4 fully saturated rings. The number of nitrogens with one attached hydrogen (secondary N) is 3. The molecule has 6 rings (SSSR count). The van der Waals surface area contributed by atoms with Gasteiger partial charge in [0.15, 0.2) is 0 Å². The van der Waals surface area contributed by atoms with Crippen molar-refractivity contribution in [3.05, 3.63) is 71.8 Å². The molecule has 4 aliphatic heterocycles. The fraction of sp³-hybridized carbons (Fsp3) is 0.564. The van der Waals surface area contributed by atoms with Crippen LogP contribution in [0.1, 0.15) is 44.7 Å². The van der Waals surface area contributed by atoms with Gasteiger partial charge in [-0.3, -0.25) is 9.59 Å². The molecule has 0 bridgehead atoms. The molecular weight excluding hydrogens is 745 g/mol. The van der Waals surface area contributed by atoms with Gasteiger partial charge in [0.2, 0.25) is 11.8 Å². The van der Waals surface area contributed by atoms with Gasteiger partial charge in [0.25, 0.3) is 0 Å². The summed E-state index contributed by atoms with van der Waals surface area (Å²) in [5.41, 5.74) is 1.22. The second kappa shape index (κ2) is 20.7. The molecule has 4 atom stereocenters. The number of hydrogen-bond acceptors (Lipinski definition) is 11. The Kier molecular flexibility index (Phi) is 15.8. The SMILES string of the molecule is CC(C)(C)OC(=O)N1CC[C@H](NC(=O)OCc2ccccc2)[C@H](C(=O)N2CCSC2)C1.O=C(N[C@H]1CCNC[C@H]1C(=O)N1CCSC1)OCc1ccccc1. The highest BCUT2D eigenvalue weighted by molar-refractivity contribution is 7.99. The van der Waals surface area contributed by atoms with Crippen LogP contribution in [0.2, 0.25) is 0 Å². The number of hydrogen-bond donors (Lipinski definition) is 3. The van der Waals surface area contributed by atoms with E-state index in [0.29, 0.717) is 31.9 Å². The number of amides is 5. The van der Waals surface area contributed by atoms with E-state index in [1.54, 1.807) is 33.3 Å². The number of carbonyl (C=O) groups excluding carboxylic acids is 5. The van der Waals surface area contributed by atoms with E-state index in [2.05, 4.69) is 16.0 Å². The van der Waals surface area contributed by atoms with Crippen LogP contribution >= 0.6 is 23.5 Å². The van der Waals surface area contributed by atoms with E-state index in [0.717, 1.165) is 48.0 Å². The number of alkyl carbamates (subject to hydrolysis) is 2. The van der Waals surface area contributed by atoms with Gasteiger partial charge >= 0.3 is 18.3 Å². The lowest BCUT2D eigenvalue weighted by Crippen LogP contribution is -2.57. The first-order chi connectivity index (χ1) is 26.5. The minimum atomic E-state index is -0.613. The van der Waals surface area contributed by atoms with Crippen molar-refractivity contribution in [3.8, 4) is 0 Å². The number of benzene rings is 2. The van der Waals surface area contributed by atoms with E-state index >= 15 is 0 Å². The molecule has 0 radical (unpaired) electrons. The standard InChI is InChI=1S/C22H31N3O5S.C17H23N3O3S/c1-22(2,3)30-21(28)24-10-9-18(17(13-24)19(26)25-11-12-31-15-25)23-20(27)29-14-16-7-5-4-6-8-16;21-16(20-8-9-24-12-20)14-10-18-7-6-15(14)19-17(22)23-11-13-4-2-1-3-5-13/h4-8,17-18H,9-15H2,1-3H3,(H,23,27);1-5,14-15,18H,6-12H2,(H,19,22)/t17-,18+;14-,15+/m11/s1. The van der Waals surface area contributed by atoms with Crippen LogP contribution in [0.5, 0.6) is 0 Å². The molecule has 300 valence electrons. The molecule has 4 heterocycles. The number of likely N-dealkylation sites (tertiary alicyclic amines) is 1. The van der Waals surface area contributed by atoms with Gasteiger partial charge in [0, 0.05) is 56.3 Å². The van der Waals surface area contributed by atoms with Gasteiger partial charge in [-0.25, -0.2) is 14.4 Å². The molecule has 14 nitrogen and oxygen atoms in total. The van der Waals surface area contributed by atoms with Crippen molar-refractivity contribution < 1.29 is 38.2 Å². The number of ether oxygens (including phenoxy) is 3. The maximum absolute atomic E-state index is 13.2. The van der Waals surface area contributed by atoms with Crippen LogP contribution in [-0.4, -0.2) is 125 Å². The minimum Gasteiger partial charge on any atom is -0.445 e. The second-order valence-corrected chi connectivity index (χ2v) is 17.0. The third-order valence-corrected chi connectivity index (χ3v) is 11.5. The summed E-state index contributed by atoms with van der Waals surface area (Å²) >= 11 is 3.47. The molecule has 4 aliphatic rings. The predicted octanol–water partition coefficient (Wildman–Crippen LogP) is 4.50. The Bertz CT molecular complexity index is 1570. The average molecular weight is 799 g/mol. The maximum Gasteiger partial charge on any atom is 0.410 e. The van der Waals surface area contributed by atoms with E-state index in [1.165, 1.54) is 0 Å². The number of carbonyl (C=O) groups is 5. The maximum atomic E-state index is 13.2. The predicted molar refractivity (Wildman–Crippen MR) is 212 cm³/mol. The Morgan fingerprint density at radius 1 is 0.709 bits per heavy atom. The van der Waals surface area contributed by atoms with Crippen molar-refractivity contribution in [2.75, 3.05) is 62.5 Å². The van der Waals surface area contributed by atoms with Crippen molar-refractivity contribution in [2.45, 2.75) is 64.5 Å². The Hall–Kier alpha value is -4.15. The third kappa shape index (κ3) is 13.2. The van der Waals surface area contributed by atoms with Crippen LogP contribution in [0, 0.1) is 11.8 Å². The van der Waals surface area contributed by atoms with Crippen molar-refractivity contribution in [2.24, 2.45) is 11.8 Å². The number of piperidine rings is 2. The quantitative estimate of drug-likeness (QED) is 0.323. The highest BCUT2D eigenvalue weighted by atomic mass is 32.2. The molecule has 2 aromatic carbocycles. The van der Waals surface area contributed by atoms with Gasteiger partial charge in [-0.05, 0) is 51.3 Å². The van der Waals surface area contributed by atoms with Crippen LogP contribution in [0.15, 0.2) is 60.7 Å². The molecule has 0 spiro atoms. The molecular formula is C39H54N6O8S2. The summed E-state index contributed by atoms with van der Waals surface area (Å²) in [6.45, 7) is 9.30. The largest absolute Gasteiger partial charge is 0.445 e. The topological polar surface area (TPSA) is 159 Å². The first-order valence-corrected chi connectivity index (χ1v) is 21.1. The average Bonchev–Trinajstić information content (AvgIpc) is 3.93. The van der Waals surface area contributed by atoms with Gasteiger partial charge in [0.05, 0.1) is 23.6 Å². The molecule has 0 saturated carbocycles. The molecule has 2 aromatic rings. The number of nitrogens with zero attached hydrogens (tertiary/aromatic N) is 3. The molecule has 3 N–H and O–H groups in total. The summed E-state index contributed by atoms with van der Waals surface area (Å²) in [6, 6.07) is 18.4. The Labute approximate surface area is 332 Å². The van der Waals surface area contributed by atoms with Gasteiger partial charge in [-0.15, -0.1) is 23.5 Å². The first-order valence-electron chi connectivity index (χ1n) is 18.8. The molecule has 0 aromatic heterocycles. The Morgan fingerprint density at radius 3 is 1.71 bits per heavy atom. The zero-order valence-electron chi connectivity index (χ0n) is 31.9. The Morgan fingerprint density at radius 2 is 1.22 bits per heavy atom. The fourth-order valence-electron chi connectivity index (χ4n) is 6.64. The summed E-state index contributed by atoms with van der Waals surface area (Å²) in [5.74, 6) is 2.58. The minimum absolute atomic E-state index is 0.0494. The first kappa shape index (κ1) is 42.0. The van der Waals surface area contributed by atoms with Crippen LogP contribution in [0.3, 0.4) is 0 Å². The van der Waals surface area contributed by atoms with Crippen LogP contribution in [-0.2, 0) is 37.0 Å². The van der Waals surface area contributed by atoms with E-state index in [1.807, 2.05) is 86.3 Å². The molecule has 5 amide bonds. The zero-order chi connectivity index (χ0) is 39.2. The van der Waals surface area contributed by atoms with E-state index in [4.69, 9.17) is 14.2 Å². The highest BCUT2D eigenvalue weighted by Gasteiger charge is 2.41. The Balaban J connectivity index is 0.000000218. The lowest BCUT2D eigenvalue weighted by Gasteiger charge is -2.39. The summed E-state index contributed by atoms with van der Waals surface area (Å²) in [7, 11) is 0. The lowest BCUT2D eigenvalue weighted by atomic mass is 9.91. The van der Waals surface area contributed by atoms with Crippen molar-refractivity contribution in [1.82, 2.24) is 30.7 Å². The second-order valence-electron chi connectivity index (χ2n) is 14.8. The molecule has 16 heteroatoms. The van der Waals surface area contributed by atoms with E-state index in [-0.39, 0.29) is 43.5 Å². The molecule has 0 aliphatic carbocycles. The monoisotopic (exact) mass is 798 g/mol. The summed E-state index contributed by atoms with van der Waals surface area (Å²) in [5, 5.41) is 9.00. The van der Waals surface area contributed by atoms with Crippen LogP contribution < -0.4 is 16.0 Å².